The van der Waals surface area contributed by atoms with E-state index in [1.54, 1.807) is 7.11 Å². The van der Waals surface area contributed by atoms with Gasteiger partial charge in [0.15, 0.2) is 0 Å². The molecule has 0 bridgehead atoms. The molecule has 2 aromatic rings. The molecule has 1 N–H and O–H groups in total. The normalized spacial score (nSPS) is 10.2. The van der Waals surface area contributed by atoms with Crippen LogP contribution in [-0.2, 0) is 6.42 Å². The SMILES string of the molecule is COc1ccccc1CCNC(=O)c1ccc(F)cc1Cl. The molecule has 0 atom stereocenters. The summed E-state index contributed by atoms with van der Waals surface area (Å²) in [5.41, 5.74) is 1.27. The van der Waals surface area contributed by atoms with E-state index in [9.17, 15) is 9.18 Å². The molecule has 0 aliphatic carbocycles. The van der Waals surface area contributed by atoms with Gasteiger partial charge in [0.05, 0.1) is 17.7 Å². The van der Waals surface area contributed by atoms with Gasteiger partial charge in [0.25, 0.3) is 5.91 Å². The maximum absolute atomic E-state index is 12.9. The molecular formula is C16H15ClFNO2. The monoisotopic (exact) mass is 307 g/mol. The van der Waals surface area contributed by atoms with Gasteiger partial charge in [-0.05, 0) is 36.2 Å². The van der Waals surface area contributed by atoms with Crippen LogP contribution in [0.15, 0.2) is 42.5 Å². The summed E-state index contributed by atoms with van der Waals surface area (Å²) < 4.78 is 18.2. The number of carbonyl (C=O) groups is 1. The predicted octanol–water partition coefficient (Wildman–Crippen LogP) is 3.46. The van der Waals surface area contributed by atoms with Crippen LogP contribution in [-0.4, -0.2) is 19.6 Å². The second-order valence-electron chi connectivity index (χ2n) is 4.44. The Morgan fingerprint density at radius 1 is 1.29 bits per heavy atom. The van der Waals surface area contributed by atoms with E-state index in [2.05, 4.69) is 5.32 Å². The third-order valence-electron chi connectivity index (χ3n) is 3.05. The second-order valence-corrected chi connectivity index (χ2v) is 4.85. The first-order valence-electron chi connectivity index (χ1n) is 6.47. The first-order chi connectivity index (χ1) is 10.1. The highest BCUT2D eigenvalue weighted by atomic mass is 35.5. The van der Waals surface area contributed by atoms with Gasteiger partial charge >= 0.3 is 0 Å². The lowest BCUT2D eigenvalue weighted by molar-refractivity contribution is 0.0954. The average molecular weight is 308 g/mol. The number of ether oxygens (including phenoxy) is 1. The molecule has 1 amide bonds. The highest BCUT2D eigenvalue weighted by molar-refractivity contribution is 6.33. The molecule has 0 aliphatic rings. The van der Waals surface area contributed by atoms with Gasteiger partial charge in [-0.15, -0.1) is 0 Å². The Kier molecular flexibility index (Phi) is 5.17. The number of methoxy groups -OCH3 is 1. The Hall–Kier alpha value is -2.07. The molecule has 3 nitrogen and oxygen atoms in total. The number of nitrogens with one attached hydrogen (secondary N) is 1. The van der Waals surface area contributed by atoms with Gasteiger partial charge in [0.1, 0.15) is 11.6 Å². The highest BCUT2D eigenvalue weighted by Gasteiger charge is 2.11. The first kappa shape index (κ1) is 15.3. The Labute approximate surface area is 127 Å². The zero-order valence-corrected chi connectivity index (χ0v) is 12.3. The molecule has 0 heterocycles. The zero-order valence-electron chi connectivity index (χ0n) is 11.5. The molecule has 21 heavy (non-hydrogen) atoms. The number of rotatable bonds is 5. The lowest BCUT2D eigenvalue weighted by Crippen LogP contribution is -2.26. The summed E-state index contributed by atoms with van der Waals surface area (Å²) in [7, 11) is 1.61. The van der Waals surface area contributed by atoms with Crippen LogP contribution >= 0.6 is 11.6 Å². The van der Waals surface area contributed by atoms with Crippen molar-refractivity contribution < 1.29 is 13.9 Å². The molecule has 5 heteroatoms. The van der Waals surface area contributed by atoms with Gasteiger partial charge in [0.2, 0.25) is 0 Å². The van der Waals surface area contributed by atoms with Crippen LogP contribution in [0.5, 0.6) is 5.75 Å². The fourth-order valence-electron chi connectivity index (χ4n) is 1.99. The van der Waals surface area contributed by atoms with Crippen molar-refractivity contribution >= 4 is 17.5 Å². The van der Waals surface area contributed by atoms with Crippen molar-refractivity contribution in [2.24, 2.45) is 0 Å². The van der Waals surface area contributed by atoms with Crippen LogP contribution in [0.3, 0.4) is 0 Å². The van der Waals surface area contributed by atoms with Gasteiger partial charge in [-0.25, -0.2) is 4.39 Å². The van der Waals surface area contributed by atoms with Crippen molar-refractivity contribution in [3.8, 4) is 5.75 Å². The molecule has 0 unspecified atom stereocenters. The van der Waals surface area contributed by atoms with E-state index >= 15 is 0 Å². The number of para-hydroxylation sites is 1. The van der Waals surface area contributed by atoms with Crippen LogP contribution in [0.25, 0.3) is 0 Å². The van der Waals surface area contributed by atoms with Crippen molar-refractivity contribution in [1.29, 1.82) is 0 Å². The standard InChI is InChI=1S/C16H15ClFNO2/c1-21-15-5-3-2-4-11(15)8-9-19-16(20)13-7-6-12(18)10-14(13)17/h2-7,10H,8-9H2,1H3,(H,19,20). The van der Waals surface area contributed by atoms with E-state index in [0.717, 1.165) is 17.4 Å². The average Bonchev–Trinajstić information content (AvgIpc) is 2.47. The van der Waals surface area contributed by atoms with E-state index < -0.39 is 5.82 Å². The summed E-state index contributed by atoms with van der Waals surface area (Å²) in [6.07, 6.45) is 0.633. The summed E-state index contributed by atoms with van der Waals surface area (Å²) >= 11 is 5.85. The molecule has 0 saturated carbocycles. The largest absolute Gasteiger partial charge is 0.496 e. The van der Waals surface area contributed by atoms with Gasteiger partial charge in [-0.2, -0.15) is 0 Å². The topological polar surface area (TPSA) is 38.3 Å². The molecule has 0 fully saturated rings. The van der Waals surface area contributed by atoms with E-state index in [-0.39, 0.29) is 16.5 Å². The van der Waals surface area contributed by atoms with E-state index in [1.165, 1.54) is 12.1 Å². The molecule has 0 radical (unpaired) electrons. The van der Waals surface area contributed by atoms with Crippen molar-refractivity contribution in [3.05, 3.63) is 64.4 Å². The van der Waals surface area contributed by atoms with E-state index in [4.69, 9.17) is 16.3 Å². The molecule has 0 aromatic heterocycles. The summed E-state index contributed by atoms with van der Waals surface area (Å²) in [5.74, 6) is -0.00738. The predicted molar refractivity (Wildman–Crippen MR) is 80.4 cm³/mol. The number of hydrogen-bond acceptors (Lipinski definition) is 2. The first-order valence-corrected chi connectivity index (χ1v) is 6.84. The Bertz CT molecular complexity index is 646. The maximum atomic E-state index is 12.9. The lowest BCUT2D eigenvalue weighted by atomic mass is 10.1. The van der Waals surface area contributed by atoms with Gasteiger partial charge in [-0.1, -0.05) is 29.8 Å². The summed E-state index contributed by atoms with van der Waals surface area (Å²) in [4.78, 5) is 12.0. The number of halogens is 2. The van der Waals surface area contributed by atoms with Crippen molar-refractivity contribution in [3.63, 3.8) is 0 Å². The Morgan fingerprint density at radius 2 is 2.05 bits per heavy atom. The summed E-state index contributed by atoms with van der Waals surface area (Å²) in [5, 5.41) is 2.86. The van der Waals surface area contributed by atoms with Gasteiger partial charge in [-0.3, -0.25) is 4.79 Å². The smallest absolute Gasteiger partial charge is 0.252 e. The van der Waals surface area contributed by atoms with Gasteiger partial charge < -0.3 is 10.1 Å². The van der Waals surface area contributed by atoms with Crippen molar-refractivity contribution in [2.75, 3.05) is 13.7 Å². The molecular weight excluding hydrogens is 293 g/mol. The summed E-state index contributed by atoms with van der Waals surface area (Å²) in [6, 6.07) is 11.3. The van der Waals surface area contributed by atoms with Crippen molar-refractivity contribution in [2.45, 2.75) is 6.42 Å². The molecule has 2 rings (SSSR count). The second kappa shape index (κ2) is 7.09. The van der Waals surface area contributed by atoms with Crippen LogP contribution in [0, 0.1) is 5.82 Å². The van der Waals surface area contributed by atoms with E-state index in [0.29, 0.717) is 13.0 Å². The van der Waals surface area contributed by atoms with Crippen LogP contribution < -0.4 is 10.1 Å². The Balaban J connectivity index is 1.95. The number of hydrogen-bond donors (Lipinski definition) is 1. The lowest BCUT2D eigenvalue weighted by Gasteiger charge is -2.09. The Morgan fingerprint density at radius 3 is 2.76 bits per heavy atom. The minimum absolute atomic E-state index is 0.102. The van der Waals surface area contributed by atoms with Gasteiger partial charge in [0, 0.05) is 6.54 Å². The van der Waals surface area contributed by atoms with E-state index in [1.807, 2.05) is 24.3 Å². The molecule has 0 spiro atoms. The molecule has 2 aromatic carbocycles. The van der Waals surface area contributed by atoms with Crippen LogP contribution in [0.2, 0.25) is 5.02 Å². The quantitative estimate of drug-likeness (QED) is 0.918. The molecule has 0 saturated heterocycles. The highest BCUT2D eigenvalue weighted by Crippen LogP contribution is 2.18. The minimum atomic E-state index is -0.467. The molecule has 0 aliphatic heterocycles. The minimum Gasteiger partial charge on any atom is -0.496 e. The third kappa shape index (κ3) is 3.95. The number of carbonyl (C=O) groups excluding carboxylic acids is 1. The fourth-order valence-corrected chi connectivity index (χ4v) is 2.24. The van der Waals surface area contributed by atoms with Crippen LogP contribution in [0.1, 0.15) is 15.9 Å². The fraction of sp³-hybridized carbons (Fsp3) is 0.188. The summed E-state index contributed by atoms with van der Waals surface area (Å²) in [6.45, 7) is 0.437. The third-order valence-corrected chi connectivity index (χ3v) is 3.36. The van der Waals surface area contributed by atoms with Crippen molar-refractivity contribution in [1.82, 2.24) is 5.32 Å². The maximum Gasteiger partial charge on any atom is 0.252 e. The number of amides is 1. The number of benzene rings is 2. The zero-order chi connectivity index (χ0) is 15.2. The molecule has 110 valence electrons. The van der Waals surface area contributed by atoms with Crippen LogP contribution in [0.4, 0.5) is 4.39 Å².